The summed E-state index contributed by atoms with van der Waals surface area (Å²) >= 11 is 11.4. The maximum Gasteiger partial charge on any atom is 0.251 e. The van der Waals surface area contributed by atoms with Gasteiger partial charge in [-0.05, 0) is 79.9 Å². The number of aliphatic hydroxyl groups excluding tert-OH is 1. The molecular weight excluding hydrogens is 552 g/mol. The van der Waals surface area contributed by atoms with E-state index >= 15 is 0 Å². The molecule has 0 aliphatic rings. The van der Waals surface area contributed by atoms with Crippen molar-refractivity contribution >= 4 is 66.0 Å². The zero-order chi connectivity index (χ0) is 23.8. The van der Waals surface area contributed by atoms with Crippen molar-refractivity contribution in [2.45, 2.75) is 20.8 Å². The normalized spacial score (nSPS) is 10.0. The molecule has 0 aliphatic heterocycles. The molecule has 2 rings (SSSR count). The third-order valence-corrected chi connectivity index (χ3v) is 4.10. The van der Waals surface area contributed by atoms with Gasteiger partial charge >= 0.3 is 0 Å². The van der Waals surface area contributed by atoms with Gasteiger partial charge < -0.3 is 20.9 Å². The molecule has 0 fully saturated rings. The molecule has 0 atom stereocenters. The van der Waals surface area contributed by atoms with Crippen LogP contribution in [0.5, 0.6) is 0 Å². The first-order valence-corrected chi connectivity index (χ1v) is 10.9. The average Bonchev–Trinajstić information content (AvgIpc) is 2.60. The summed E-state index contributed by atoms with van der Waals surface area (Å²) in [6, 6.07) is 11.6. The van der Waals surface area contributed by atoms with Gasteiger partial charge in [-0.25, -0.2) is 0 Å². The summed E-state index contributed by atoms with van der Waals surface area (Å²) in [5, 5.41) is 9.83. The van der Waals surface area contributed by atoms with E-state index in [1.54, 1.807) is 0 Å². The van der Waals surface area contributed by atoms with Gasteiger partial charge in [0.1, 0.15) is 0 Å². The minimum Gasteiger partial charge on any atom is -0.515 e. The molecule has 0 aliphatic carbocycles. The zero-order valence-electron chi connectivity index (χ0n) is 17.4. The number of benzene rings is 2. The monoisotopic (exact) mass is 574 g/mol. The molecule has 6 nitrogen and oxygen atoms in total. The largest absolute Gasteiger partial charge is 0.515 e. The molecule has 0 saturated carbocycles. The summed E-state index contributed by atoms with van der Waals surface area (Å²) in [6.45, 7) is 6.40. The maximum atomic E-state index is 11.4. The highest BCUT2D eigenvalue weighted by Crippen LogP contribution is 2.19. The lowest BCUT2D eigenvalue weighted by atomic mass is 10.2. The Morgan fingerprint density at radius 2 is 1.65 bits per heavy atom. The van der Waals surface area contributed by atoms with Crippen molar-refractivity contribution in [2.75, 3.05) is 17.7 Å². The third kappa shape index (κ3) is 16.1. The summed E-state index contributed by atoms with van der Waals surface area (Å²) in [5.74, 6) is -0.203. The second kappa shape index (κ2) is 16.4. The Morgan fingerprint density at radius 3 is 2.06 bits per heavy atom. The van der Waals surface area contributed by atoms with Crippen molar-refractivity contribution in [1.82, 2.24) is 0 Å². The molecule has 168 valence electrons. The van der Waals surface area contributed by atoms with Crippen molar-refractivity contribution in [3.05, 3.63) is 81.1 Å². The number of allylic oxidation sites excluding steroid dienone is 1. The number of nitrogens with one attached hydrogen (secondary N) is 1. The average molecular weight is 577 g/mol. The van der Waals surface area contributed by atoms with Crippen LogP contribution in [0.15, 0.2) is 70.0 Å². The van der Waals surface area contributed by atoms with Crippen molar-refractivity contribution < 1.29 is 19.4 Å². The summed E-state index contributed by atoms with van der Waals surface area (Å²) < 4.78 is 6.92. The number of hydrogen-bond donors (Lipinski definition) is 3. The van der Waals surface area contributed by atoms with Crippen LogP contribution >= 0.6 is 43.5 Å². The fourth-order valence-electron chi connectivity index (χ4n) is 2.02. The zero-order valence-corrected chi connectivity index (χ0v) is 21.3. The van der Waals surface area contributed by atoms with Gasteiger partial charge in [0, 0.05) is 32.5 Å². The number of amides is 1. The van der Waals surface area contributed by atoms with Gasteiger partial charge in [0.25, 0.3) is 5.91 Å². The quantitative estimate of drug-likeness (QED) is 0.165. The molecule has 0 radical (unpaired) electrons. The van der Waals surface area contributed by atoms with E-state index in [0.29, 0.717) is 12.9 Å². The lowest BCUT2D eigenvalue weighted by Crippen LogP contribution is -2.08. The minimum absolute atomic E-state index is 0.203. The number of carbonyl (C=O) groups is 2. The number of carbonyl (C=O) groups excluding carboxylic acids is 2. The molecule has 0 spiro atoms. The fraction of sp³-hybridized carbons (Fsp3) is 0.182. The van der Waals surface area contributed by atoms with Gasteiger partial charge in [-0.1, -0.05) is 31.9 Å². The topological polar surface area (TPSA) is 102 Å². The van der Waals surface area contributed by atoms with E-state index in [2.05, 4.69) is 37.2 Å². The number of halogens is 3. The molecule has 0 aromatic heterocycles. The molecule has 2 aromatic carbocycles. The summed E-state index contributed by atoms with van der Waals surface area (Å²) in [6.07, 6.45) is 4.19. The van der Waals surface area contributed by atoms with Gasteiger partial charge in [-0.15, -0.1) is 0 Å². The van der Waals surface area contributed by atoms with Crippen LogP contribution in [0, 0.1) is 13.8 Å². The van der Waals surface area contributed by atoms with Crippen LogP contribution in [0.3, 0.4) is 0 Å². The highest BCUT2D eigenvalue weighted by molar-refractivity contribution is 9.10. The van der Waals surface area contributed by atoms with Crippen molar-refractivity contribution in [2.24, 2.45) is 0 Å². The molecule has 1 amide bonds. The number of nitrogen functional groups attached to an aromatic ring is 1. The highest BCUT2D eigenvalue weighted by Gasteiger charge is 2.00. The molecule has 9 heteroatoms. The van der Waals surface area contributed by atoms with Crippen LogP contribution in [0.25, 0.3) is 0 Å². The number of ether oxygens (including phenoxy) is 1. The van der Waals surface area contributed by atoms with Crippen LogP contribution in [0.4, 0.5) is 11.4 Å². The number of nitrogens with two attached hydrogens (primary N) is 1. The summed E-state index contributed by atoms with van der Waals surface area (Å²) in [4.78, 5) is 21.0. The number of anilines is 2. The van der Waals surface area contributed by atoms with Crippen molar-refractivity contribution in [3.63, 3.8) is 0 Å². The standard InChI is InChI=1S/C12H14BrNO2.C7H8BrN.C3H3ClO2/c1-3-16-5-4-12(15)14-11-7-9(2)6-10(13)8-11;1-5-2-6(8)4-7(9)3-5;4-3(6)1-2-5/h4-8H,3H2,1-2H3,(H,14,15);2-4H,9H2,1H3;1-2,5H/b5-4+;;2-1+. The second-order valence-corrected chi connectivity index (χ2v) is 8.15. The molecule has 0 bridgehead atoms. The fourth-order valence-corrected chi connectivity index (χ4v) is 3.31. The minimum atomic E-state index is -0.669. The number of rotatable bonds is 5. The molecular formula is C22H25Br2ClN2O4. The second-order valence-electron chi connectivity index (χ2n) is 5.95. The van der Waals surface area contributed by atoms with Crippen LogP contribution in [-0.4, -0.2) is 22.9 Å². The molecule has 0 saturated heterocycles. The van der Waals surface area contributed by atoms with Crippen LogP contribution in [-0.2, 0) is 14.3 Å². The van der Waals surface area contributed by atoms with E-state index in [1.807, 2.05) is 57.2 Å². The van der Waals surface area contributed by atoms with E-state index in [4.69, 9.17) is 27.2 Å². The first-order chi connectivity index (χ1) is 14.6. The van der Waals surface area contributed by atoms with Crippen molar-refractivity contribution in [3.8, 4) is 0 Å². The molecule has 2 aromatic rings. The number of hydrogen-bond acceptors (Lipinski definition) is 5. The lowest BCUT2D eigenvalue weighted by Gasteiger charge is -2.04. The van der Waals surface area contributed by atoms with E-state index in [9.17, 15) is 9.59 Å². The summed E-state index contributed by atoms with van der Waals surface area (Å²) in [5.41, 5.74) is 9.36. The lowest BCUT2D eigenvalue weighted by molar-refractivity contribution is -0.112. The SMILES string of the molecule is CCO/C=C/C(=O)Nc1cc(C)cc(Br)c1.Cc1cc(N)cc(Br)c1.O=C(Cl)/C=C/O. The van der Waals surface area contributed by atoms with Gasteiger partial charge in [0.2, 0.25) is 5.24 Å². The Kier molecular flexibility index (Phi) is 15.2. The van der Waals surface area contributed by atoms with Gasteiger partial charge in [-0.3, -0.25) is 9.59 Å². The predicted octanol–water partition coefficient (Wildman–Crippen LogP) is 6.41. The molecule has 0 heterocycles. The van der Waals surface area contributed by atoms with E-state index in [0.717, 1.165) is 32.0 Å². The van der Waals surface area contributed by atoms with Crippen LogP contribution in [0.1, 0.15) is 18.1 Å². The first kappa shape index (κ1) is 28.7. The summed E-state index contributed by atoms with van der Waals surface area (Å²) in [7, 11) is 0. The number of aliphatic hydroxyl groups is 1. The molecule has 31 heavy (non-hydrogen) atoms. The highest BCUT2D eigenvalue weighted by atomic mass is 79.9. The molecule has 0 unspecified atom stereocenters. The van der Waals surface area contributed by atoms with E-state index < -0.39 is 5.24 Å². The Morgan fingerprint density at radius 1 is 1.06 bits per heavy atom. The van der Waals surface area contributed by atoms with Gasteiger partial charge in [0.15, 0.2) is 0 Å². The van der Waals surface area contributed by atoms with E-state index in [-0.39, 0.29) is 5.91 Å². The molecule has 4 N–H and O–H groups in total. The Hall–Kier alpha value is -2.29. The van der Waals surface area contributed by atoms with Gasteiger partial charge in [0.05, 0.1) is 19.1 Å². The third-order valence-electron chi connectivity index (χ3n) is 3.06. The number of aryl methyl sites for hydroxylation is 2. The first-order valence-electron chi connectivity index (χ1n) is 8.96. The van der Waals surface area contributed by atoms with Crippen LogP contribution < -0.4 is 11.1 Å². The van der Waals surface area contributed by atoms with E-state index in [1.165, 1.54) is 17.9 Å². The van der Waals surface area contributed by atoms with Gasteiger partial charge in [-0.2, -0.15) is 0 Å². The smallest absolute Gasteiger partial charge is 0.251 e. The Balaban J connectivity index is 0.000000503. The van der Waals surface area contributed by atoms with Crippen LogP contribution in [0.2, 0.25) is 0 Å². The predicted molar refractivity (Wildman–Crippen MR) is 134 cm³/mol. The Labute approximate surface area is 204 Å². The maximum absolute atomic E-state index is 11.4. The Bertz CT molecular complexity index is 848. The van der Waals surface area contributed by atoms with Crippen molar-refractivity contribution in [1.29, 1.82) is 0 Å².